The van der Waals surface area contributed by atoms with Crippen molar-refractivity contribution in [1.82, 2.24) is 9.97 Å². The van der Waals surface area contributed by atoms with Gasteiger partial charge in [0.1, 0.15) is 5.82 Å². The predicted octanol–water partition coefficient (Wildman–Crippen LogP) is 1.48. The third-order valence-corrected chi connectivity index (χ3v) is 2.88. The molecule has 1 aliphatic rings. The first kappa shape index (κ1) is 12.1. The molecule has 0 aromatic carbocycles. The second kappa shape index (κ2) is 5.31. The quantitative estimate of drug-likeness (QED) is 0.861. The Morgan fingerprint density at radius 1 is 1.29 bits per heavy atom. The lowest BCUT2D eigenvalue weighted by Gasteiger charge is -2.28. The highest BCUT2D eigenvalue weighted by atomic mass is 16.5. The van der Waals surface area contributed by atoms with Gasteiger partial charge in [0, 0.05) is 26.2 Å². The molecule has 0 atom stereocenters. The molecule has 0 aliphatic carbocycles. The third-order valence-electron chi connectivity index (χ3n) is 2.88. The Morgan fingerprint density at radius 2 is 2.00 bits per heavy atom. The van der Waals surface area contributed by atoms with Crippen LogP contribution in [0.3, 0.4) is 0 Å². The van der Waals surface area contributed by atoms with Crippen LogP contribution in [0.2, 0.25) is 0 Å². The number of hydrogen-bond acceptors (Lipinski definition) is 5. The fourth-order valence-corrected chi connectivity index (χ4v) is 1.81. The number of nitrogens with one attached hydrogen (secondary N) is 1. The van der Waals surface area contributed by atoms with Crippen molar-refractivity contribution in [2.24, 2.45) is 0 Å². The van der Waals surface area contributed by atoms with E-state index in [1.54, 1.807) is 0 Å². The average molecular weight is 236 g/mol. The molecular formula is C12H20N4O. The Hall–Kier alpha value is -1.36. The van der Waals surface area contributed by atoms with Crippen LogP contribution in [0.15, 0.2) is 6.07 Å². The summed E-state index contributed by atoms with van der Waals surface area (Å²) in [5, 5.41) is 3.02. The first-order valence-electron chi connectivity index (χ1n) is 6.10. The number of rotatable bonds is 3. The largest absolute Gasteiger partial charge is 0.378 e. The summed E-state index contributed by atoms with van der Waals surface area (Å²) in [5.74, 6) is 2.10. The maximum absolute atomic E-state index is 5.35. The smallest absolute Gasteiger partial charge is 0.224 e. The molecule has 17 heavy (non-hydrogen) atoms. The summed E-state index contributed by atoms with van der Waals surface area (Å²) in [6, 6.07) is 2.08. The van der Waals surface area contributed by atoms with Gasteiger partial charge in [-0.3, -0.25) is 0 Å². The van der Waals surface area contributed by atoms with Gasteiger partial charge in [0.05, 0.1) is 18.9 Å². The van der Waals surface area contributed by atoms with E-state index >= 15 is 0 Å². The monoisotopic (exact) mass is 236 g/mol. The molecule has 5 heteroatoms. The van der Waals surface area contributed by atoms with Gasteiger partial charge in [-0.25, -0.2) is 4.98 Å². The van der Waals surface area contributed by atoms with Crippen molar-refractivity contribution in [2.45, 2.75) is 19.8 Å². The molecule has 0 bridgehead atoms. The summed E-state index contributed by atoms with van der Waals surface area (Å²) in [5.41, 5.74) is 1.07. The van der Waals surface area contributed by atoms with E-state index in [9.17, 15) is 0 Å². The fourth-order valence-electron chi connectivity index (χ4n) is 1.81. The van der Waals surface area contributed by atoms with Crippen LogP contribution in [0.25, 0.3) is 0 Å². The zero-order valence-corrected chi connectivity index (χ0v) is 10.7. The highest BCUT2D eigenvalue weighted by molar-refractivity contribution is 5.45. The molecule has 1 aliphatic heterocycles. The molecule has 0 saturated carbocycles. The Labute approximate surface area is 102 Å². The van der Waals surface area contributed by atoms with Crippen LogP contribution in [-0.4, -0.2) is 43.3 Å². The second-order valence-corrected chi connectivity index (χ2v) is 4.48. The van der Waals surface area contributed by atoms with Gasteiger partial charge in [-0.2, -0.15) is 4.98 Å². The minimum Gasteiger partial charge on any atom is -0.378 e. The van der Waals surface area contributed by atoms with Crippen molar-refractivity contribution >= 4 is 11.8 Å². The third kappa shape index (κ3) is 2.85. The standard InChI is InChI=1S/C12H20N4O/c1-9(2)10-8-11(15-12(13-3)14-10)16-4-6-17-7-5-16/h8-9H,4-7H2,1-3H3,(H,13,14,15). The molecule has 1 saturated heterocycles. The summed E-state index contributed by atoms with van der Waals surface area (Å²) in [6.07, 6.45) is 0. The molecule has 0 unspecified atom stereocenters. The van der Waals surface area contributed by atoms with Gasteiger partial charge in [-0.1, -0.05) is 13.8 Å². The van der Waals surface area contributed by atoms with Gasteiger partial charge < -0.3 is 15.0 Å². The van der Waals surface area contributed by atoms with Crippen LogP contribution >= 0.6 is 0 Å². The van der Waals surface area contributed by atoms with E-state index in [1.807, 2.05) is 7.05 Å². The Bertz CT molecular complexity index is 375. The van der Waals surface area contributed by atoms with E-state index in [2.05, 4.69) is 40.1 Å². The number of nitrogens with zero attached hydrogens (tertiary/aromatic N) is 3. The maximum Gasteiger partial charge on any atom is 0.224 e. The first-order chi connectivity index (χ1) is 8.20. The molecule has 5 nitrogen and oxygen atoms in total. The number of hydrogen-bond donors (Lipinski definition) is 1. The SMILES string of the molecule is CNc1nc(C(C)C)cc(N2CCOCC2)n1. The van der Waals surface area contributed by atoms with Crippen LogP contribution in [0, 0.1) is 0 Å². The maximum atomic E-state index is 5.35. The number of morpholine rings is 1. The van der Waals surface area contributed by atoms with Crippen molar-refractivity contribution < 1.29 is 4.74 Å². The molecule has 1 N–H and O–H groups in total. The molecule has 2 heterocycles. The van der Waals surface area contributed by atoms with E-state index in [-0.39, 0.29) is 0 Å². The zero-order chi connectivity index (χ0) is 12.3. The predicted molar refractivity (Wildman–Crippen MR) is 68.7 cm³/mol. The average Bonchev–Trinajstić information content (AvgIpc) is 2.39. The van der Waals surface area contributed by atoms with E-state index in [0.29, 0.717) is 11.9 Å². The van der Waals surface area contributed by atoms with E-state index in [4.69, 9.17) is 4.74 Å². The van der Waals surface area contributed by atoms with Crippen molar-refractivity contribution in [2.75, 3.05) is 43.6 Å². The molecule has 1 aromatic rings. The van der Waals surface area contributed by atoms with Crippen molar-refractivity contribution in [3.8, 4) is 0 Å². The van der Waals surface area contributed by atoms with Crippen LogP contribution in [0.5, 0.6) is 0 Å². The number of ether oxygens (including phenoxy) is 1. The first-order valence-corrected chi connectivity index (χ1v) is 6.10. The summed E-state index contributed by atoms with van der Waals surface area (Å²) >= 11 is 0. The van der Waals surface area contributed by atoms with E-state index < -0.39 is 0 Å². The molecule has 2 rings (SSSR count). The number of aromatic nitrogens is 2. The minimum atomic E-state index is 0.407. The Kier molecular flexibility index (Phi) is 3.78. The van der Waals surface area contributed by atoms with Gasteiger partial charge in [0.2, 0.25) is 5.95 Å². The van der Waals surface area contributed by atoms with Crippen molar-refractivity contribution in [3.05, 3.63) is 11.8 Å². The molecule has 94 valence electrons. The van der Waals surface area contributed by atoms with Gasteiger partial charge in [0.15, 0.2) is 0 Å². The number of anilines is 2. The van der Waals surface area contributed by atoms with Crippen molar-refractivity contribution in [3.63, 3.8) is 0 Å². The van der Waals surface area contributed by atoms with Crippen LogP contribution in [-0.2, 0) is 4.74 Å². The Balaban J connectivity index is 2.28. The fraction of sp³-hybridized carbons (Fsp3) is 0.667. The van der Waals surface area contributed by atoms with Crippen LogP contribution in [0.4, 0.5) is 11.8 Å². The summed E-state index contributed by atoms with van der Waals surface area (Å²) < 4.78 is 5.35. The van der Waals surface area contributed by atoms with Crippen LogP contribution < -0.4 is 10.2 Å². The summed E-state index contributed by atoms with van der Waals surface area (Å²) in [6.45, 7) is 7.64. The highest BCUT2D eigenvalue weighted by Gasteiger charge is 2.15. The van der Waals surface area contributed by atoms with Gasteiger partial charge in [-0.05, 0) is 5.92 Å². The Morgan fingerprint density at radius 3 is 2.59 bits per heavy atom. The molecule has 0 amide bonds. The molecular weight excluding hydrogens is 216 g/mol. The molecule has 0 spiro atoms. The van der Waals surface area contributed by atoms with Gasteiger partial charge in [-0.15, -0.1) is 0 Å². The van der Waals surface area contributed by atoms with Gasteiger partial charge >= 0.3 is 0 Å². The lowest BCUT2D eigenvalue weighted by atomic mass is 10.1. The van der Waals surface area contributed by atoms with E-state index in [0.717, 1.165) is 37.8 Å². The highest BCUT2D eigenvalue weighted by Crippen LogP contribution is 2.20. The normalized spacial score (nSPS) is 16.4. The molecule has 1 aromatic heterocycles. The summed E-state index contributed by atoms with van der Waals surface area (Å²) in [7, 11) is 1.85. The van der Waals surface area contributed by atoms with Crippen LogP contribution in [0.1, 0.15) is 25.5 Å². The van der Waals surface area contributed by atoms with E-state index in [1.165, 1.54) is 0 Å². The van der Waals surface area contributed by atoms with Gasteiger partial charge in [0.25, 0.3) is 0 Å². The minimum absolute atomic E-state index is 0.407. The lowest BCUT2D eigenvalue weighted by Crippen LogP contribution is -2.37. The molecule has 1 fully saturated rings. The zero-order valence-electron chi connectivity index (χ0n) is 10.7. The summed E-state index contributed by atoms with van der Waals surface area (Å²) in [4.78, 5) is 11.2. The lowest BCUT2D eigenvalue weighted by molar-refractivity contribution is 0.122. The molecule has 0 radical (unpaired) electrons. The topological polar surface area (TPSA) is 50.3 Å². The second-order valence-electron chi connectivity index (χ2n) is 4.48. The van der Waals surface area contributed by atoms with Crippen molar-refractivity contribution in [1.29, 1.82) is 0 Å².